The minimum atomic E-state index is 0. The van der Waals surface area contributed by atoms with Crippen LogP contribution < -0.4 is 29.6 Å². The molecular weight excluding hydrogens is 198 g/mol. The van der Waals surface area contributed by atoms with E-state index < -0.39 is 0 Å². The monoisotopic (exact) mass is 207 g/mol. The maximum Gasteiger partial charge on any atom is 1.00 e. The fourth-order valence-corrected chi connectivity index (χ4v) is 0. The van der Waals surface area contributed by atoms with Gasteiger partial charge in [-0.15, -0.1) is 0 Å². The first-order chi connectivity index (χ1) is 0. The van der Waals surface area contributed by atoms with Crippen molar-refractivity contribution in [2.45, 2.75) is 0 Å². The molecule has 49 valence electrons. The zero-order valence-corrected chi connectivity index (χ0v) is 8.30. The molecule has 0 saturated heterocycles. The van der Waals surface area contributed by atoms with Crippen molar-refractivity contribution in [1.29, 1.82) is 0 Å². The quantitative estimate of drug-likeness (QED) is 0.351. The third-order valence-electron chi connectivity index (χ3n) is 0. The summed E-state index contributed by atoms with van der Waals surface area (Å²) in [5.41, 5.74) is 0. The number of rotatable bonds is 0. The van der Waals surface area contributed by atoms with Crippen LogP contribution in [0.3, 0.4) is 0 Å². The largest absolute Gasteiger partial charge is 1.00 e. The number of hydrogen-bond acceptors (Lipinski definition) is 0. The van der Waals surface area contributed by atoms with Crippen LogP contribution in [0.2, 0.25) is 0 Å². The molecule has 0 saturated carbocycles. The van der Waals surface area contributed by atoms with Crippen LogP contribution in [-0.4, -0.2) is 21.9 Å². The maximum absolute atomic E-state index is 0. The third kappa shape index (κ3) is 69.3. The minimum Gasteiger partial charge on any atom is -1.00 e. The summed E-state index contributed by atoms with van der Waals surface area (Å²) in [6.45, 7) is 0. The second-order valence-corrected chi connectivity index (χ2v) is 0. The molecule has 0 rings (SSSR count). The number of hydrogen-bond donors (Lipinski definition) is 0. The molecule has 7 heteroatoms. The molecule has 0 unspecified atom stereocenters. The molecule has 7 heavy (non-hydrogen) atoms. The topological polar surface area (TPSA) is 126 Å². The van der Waals surface area contributed by atoms with Crippen LogP contribution in [0.1, 0.15) is 1.43 Å². The van der Waals surface area contributed by atoms with Crippen molar-refractivity contribution in [1.82, 2.24) is 0 Å². The summed E-state index contributed by atoms with van der Waals surface area (Å²) in [5.74, 6) is 0. The van der Waals surface area contributed by atoms with Crippen LogP contribution >= 0.6 is 0 Å². The SMILES string of the molecule is O.O.O.O.[Cu].[H-].[Na+].[Ti]. The Morgan fingerprint density at radius 3 is 0.714 bits per heavy atom. The summed E-state index contributed by atoms with van der Waals surface area (Å²) >= 11 is 0. The first-order valence-corrected chi connectivity index (χ1v) is 0. The predicted molar refractivity (Wildman–Crippen MR) is 15.6 cm³/mol. The second-order valence-electron chi connectivity index (χ2n) is 0. The van der Waals surface area contributed by atoms with E-state index in [4.69, 9.17) is 0 Å². The summed E-state index contributed by atoms with van der Waals surface area (Å²) in [6, 6.07) is 0. The Bertz CT molecular complexity index is 16.0. The Balaban J connectivity index is 0. The van der Waals surface area contributed by atoms with Gasteiger partial charge in [0.15, 0.2) is 0 Å². The fourth-order valence-electron chi connectivity index (χ4n) is 0. The Morgan fingerprint density at radius 1 is 0.714 bits per heavy atom. The molecule has 0 bridgehead atoms. The van der Waals surface area contributed by atoms with E-state index in [1.165, 1.54) is 0 Å². The van der Waals surface area contributed by atoms with E-state index in [0.29, 0.717) is 0 Å². The van der Waals surface area contributed by atoms with Gasteiger partial charge in [0.2, 0.25) is 0 Å². The average Bonchev–Trinajstić information content (AvgIpc) is 0. The first-order valence-electron chi connectivity index (χ1n) is 0. The third-order valence-corrected chi connectivity index (χ3v) is 0. The van der Waals surface area contributed by atoms with Crippen molar-refractivity contribution in [3.8, 4) is 0 Å². The Kier molecular flexibility index (Phi) is 1850. The van der Waals surface area contributed by atoms with Crippen molar-refractivity contribution in [2.24, 2.45) is 0 Å². The molecule has 0 aliphatic carbocycles. The maximum atomic E-state index is 0. The van der Waals surface area contributed by atoms with Crippen LogP contribution in [0.25, 0.3) is 0 Å². The van der Waals surface area contributed by atoms with Gasteiger partial charge in [-0.1, -0.05) is 0 Å². The van der Waals surface area contributed by atoms with Crippen LogP contribution in [-0.2, 0) is 38.8 Å². The summed E-state index contributed by atoms with van der Waals surface area (Å²) in [4.78, 5) is 0. The van der Waals surface area contributed by atoms with E-state index in [0.717, 1.165) is 0 Å². The summed E-state index contributed by atoms with van der Waals surface area (Å²) in [6.07, 6.45) is 0. The van der Waals surface area contributed by atoms with E-state index in [2.05, 4.69) is 0 Å². The fraction of sp³-hybridized carbons (Fsp3) is 0. The summed E-state index contributed by atoms with van der Waals surface area (Å²) in [7, 11) is 0. The molecule has 0 spiro atoms. The van der Waals surface area contributed by atoms with Crippen LogP contribution in [0.15, 0.2) is 0 Å². The van der Waals surface area contributed by atoms with Crippen LogP contribution in [0, 0.1) is 0 Å². The van der Waals surface area contributed by atoms with E-state index in [-0.39, 0.29) is 91.7 Å². The van der Waals surface area contributed by atoms with E-state index in [1.807, 2.05) is 0 Å². The average molecular weight is 207 g/mol. The van der Waals surface area contributed by atoms with Gasteiger partial charge in [-0.3, -0.25) is 0 Å². The van der Waals surface area contributed by atoms with Gasteiger partial charge in [-0.25, -0.2) is 0 Å². The molecule has 0 aromatic rings. The molecule has 0 aliphatic heterocycles. The van der Waals surface area contributed by atoms with Gasteiger partial charge in [-0.2, -0.15) is 0 Å². The molecular formula is H9CuNaO4Ti. The molecule has 8 N–H and O–H groups in total. The van der Waals surface area contributed by atoms with Crippen LogP contribution in [0.5, 0.6) is 0 Å². The second kappa shape index (κ2) is 93.9. The van der Waals surface area contributed by atoms with E-state index >= 15 is 0 Å². The van der Waals surface area contributed by atoms with E-state index in [9.17, 15) is 0 Å². The van der Waals surface area contributed by atoms with Crippen molar-refractivity contribution in [2.75, 3.05) is 0 Å². The van der Waals surface area contributed by atoms with Gasteiger partial charge in [0.05, 0.1) is 0 Å². The molecule has 0 fully saturated rings. The van der Waals surface area contributed by atoms with Crippen LogP contribution in [0.4, 0.5) is 0 Å². The molecule has 0 aromatic carbocycles. The molecule has 0 amide bonds. The van der Waals surface area contributed by atoms with Crippen molar-refractivity contribution < 1.29 is 91.7 Å². The van der Waals surface area contributed by atoms with Gasteiger partial charge in [0.25, 0.3) is 0 Å². The molecule has 0 atom stereocenters. The normalized spacial score (nSPS) is 0. The predicted octanol–water partition coefficient (Wildman–Crippen LogP) is -6.19. The zero-order chi connectivity index (χ0) is 0. The first kappa shape index (κ1) is 138. The molecule has 4 nitrogen and oxygen atoms in total. The Hall–Kier alpha value is 2.07. The Labute approximate surface area is 90.8 Å². The summed E-state index contributed by atoms with van der Waals surface area (Å²) < 4.78 is 0. The van der Waals surface area contributed by atoms with Crippen molar-refractivity contribution in [3.63, 3.8) is 0 Å². The zero-order valence-electron chi connectivity index (χ0n) is 4.80. The summed E-state index contributed by atoms with van der Waals surface area (Å²) in [5, 5.41) is 0. The molecule has 0 aromatic heterocycles. The Morgan fingerprint density at radius 2 is 0.714 bits per heavy atom. The minimum absolute atomic E-state index is 0. The van der Waals surface area contributed by atoms with Gasteiger partial charge >= 0.3 is 29.6 Å². The van der Waals surface area contributed by atoms with Gasteiger partial charge in [-0.05, 0) is 0 Å². The van der Waals surface area contributed by atoms with E-state index in [1.54, 1.807) is 0 Å². The van der Waals surface area contributed by atoms with Gasteiger partial charge in [0.1, 0.15) is 0 Å². The van der Waals surface area contributed by atoms with Gasteiger partial charge < -0.3 is 23.3 Å². The smallest absolute Gasteiger partial charge is 1.00 e. The molecule has 1 radical (unpaired) electrons. The van der Waals surface area contributed by atoms with Crippen molar-refractivity contribution >= 4 is 0 Å². The molecule has 0 heterocycles. The van der Waals surface area contributed by atoms with Gasteiger partial charge in [0, 0.05) is 38.8 Å². The molecule has 0 aliphatic rings. The standard InChI is InChI=1S/Cu.Na.4H2O.Ti.H/h;;4*1H2;;/q;+1;;;;;;-1. The van der Waals surface area contributed by atoms with Crippen molar-refractivity contribution in [3.05, 3.63) is 0 Å².